The maximum Gasteiger partial charge on any atom is 0.242 e. The number of aromatic nitrogens is 3. The number of amides is 1. The van der Waals surface area contributed by atoms with Gasteiger partial charge in [-0.05, 0) is 31.9 Å². The highest BCUT2D eigenvalue weighted by molar-refractivity contribution is 6.30. The Morgan fingerprint density at radius 2 is 2.33 bits per heavy atom. The number of carbonyl (C=O) groups excluding carboxylic acids is 1. The molecule has 2 aromatic rings. The third-order valence-electron chi connectivity index (χ3n) is 4.14. The van der Waals surface area contributed by atoms with Gasteiger partial charge in [-0.25, -0.2) is 4.98 Å². The zero-order valence-electron chi connectivity index (χ0n) is 13.8. The van der Waals surface area contributed by atoms with Crippen LogP contribution in [0.1, 0.15) is 30.5 Å². The van der Waals surface area contributed by atoms with Crippen molar-refractivity contribution >= 4 is 23.3 Å². The number of carbonyl (C=O) groups is 1. The summed E-state index contributed by atoms with van der Waals surface area (Å²) in [7, 11) is 1.84. The highest BCUT2D eigenvalue weighted by atomic mass is 35.5. The lowest BCUT2D eigenvalue weighted by Crippen LogP contribution is -2.44. The number of aryl methyl sites for hydroxylation is 1. The van der Waals surface area contributed by atoms with E-state index in [2.05, 4.69) is 15.1 Å². The van der Waals surface area contributed by atoms with Crippen molar-refractivity contribution in [2.24, 2.45) is 0 Å². The van der Waals surface area contributed by atoms with Crippen molar-refractivity contribution in [2.45, 2.75) is 25.7 Å². The molecule has 1 unspecified atom stereocenters. The van der Waals surface area contributed by atoms with Gasteiger partial charge in [-0.15, -0.1) is 0 Å². The van der Waals surface area contributed by atoms with Crippen LogP contribution in [0, 0.1) is 6.92 Å². The number of pyridine rings is 1. The Labute approximate surface area is 145 Å². The smallest absolute Gasteiger partial charge is 0.242 e. The van der Waals surface area contributed by atoms with Gasteiger partial charge in [0.1, 0.15) is 5.82 Å². The summed E-state index contributed by atoms with van der Waals surface area (Å²) in [6, 6.07) is 3.57. The van der Waals surface area contributed by atoms with E-state index < -0.39 is 0 Å². The Morgan fingerprint density at radius 1 is 1.50 bits per heavy atom. The molecule has 1 amide bonds. The first-order chi connectivity index (χ1) is 11.5. The SMILES string of the molecule is Cc1noc(C2CCCN(C(=O)CN(C)c3ccc(Cl)cn3)C2)n1. The molecule has 3 rings (SSSR count). The van der Waals surface area contributed by atoms with Crippen molar-refractivity contribution in [3.63, 3.8) is 0 Å². The lowest BCUT2D eigenvalue weighted by molar-refractivity contribution is -0.131. The van der Waals surface area contributed by atoms with Crippen molar-refractivity contribution in [3.05, 3.63) is 35.1 Å². The molecule has 0 bridgehead atoms. The molecule has 0 aliphatic carbocycles. The Balaban J connectivity index is 1.60. The topological polar surface area (TPSA) is 75.4 Å². The minimum Gasteiger partial charge on any atom is -0.350 e. The van der Waals surface area contributed by atoms with Gasteiger partial charge in [0.25, 0.3) is 0 Å². The van der Waals surface area contributed by atoms with Gasteiger partial charge in [0.15, 0.2) is 5.82 Å². The van der Waals surface area contributed by atoms with Crippen LogP contribution in [0.5, 0.6) is 0 Å². The van der Waals surface area contributed by atoms with Crippen LogP contribution in [-0.2, 0) is 4.79 Å². The third kappa shape index (κ3) is 3.84. The molecular weight excluding hydrogens is 330 g/mol. The van der Waals surface area contributed by atoms with Gasteiger partial charge in [-0.1, -0.05) is 16.8 Å². The first kappa shape index (κ1) is 16.7. The molecule has 0 N–H and O–H groups in total. The standard InChI is InChI=1S/C16H20ClN5O2/c1-11-19-16(24-20-11)12-4-3-7-22(9-12)15(23)10-21(2)14-6-5-13(17)8-18-14/h5-6,8,12H,3-4,7,9-10H2,1-2H3. The Hall–Kier alpha value is -2.15. The summed E-state index contributed by atoms with van der Waals surface area (Å²) < 4.78 is 5.26. The normalized spacial score (nSPS) is 17.8. The van der Waals surface area contributed by atoms with Crippen molar-refractivity contribution < 1.29 is 9.32 Å². The van der Waals surface area contributed by atoms with Crippen molar-refractivity contribution in [1.29, 1.82) is 0 Å². The second-order valence-electron chi connectivity index (χ2n) is 6.05. The zero-order valence-corrected chi connectivity index (χ0v) is 14.5. The molecule has 128 valence electrons. The predicted octanol–water partition coefficient (Wildman–Crippen LogP) is 2.27. The van der Waals surface area contributed by atoms with Crippen LogP contribution in [0.2, 0.25) is 5.02 Å². The van der Waals surface area contributed by atoms with Crippen LogP contribution in [0.25, 0.3) is 0 Å². The molecule has 1 saturated heterocycles. The second kappa shape index (κ2) is 7.17. The molecule has 8 heteroatoms. The van der Waals surface area contributed by atoms with Crippen LogP contribution in [0.3, 0.4) is 0 Å². The fraction of sp³-hybridized carbons (Fsp3) is 0.500. The van der Waals surface area contributed by atoms with E-state index in [9.17, 15) is 4.79 Å². The van der Waals surface area contributed by atoms with E-state index in [1.807, 2.05) is 16.8 Å². The summed E-state index contributed by atoms with van der Waals surface area (Å²) in [6.45, 7) is 3.43. The second-order valence-corrected chi connectivity index (χ2v) is 6.49. The van der Waals surface area contributed by atoms with E-state index in [1.54, 1.807) is 25.3 Å². The first-order valence-corrected chi connectivity index (χ1v) is 8.31. The van der Waals surface area contributed by atoms with E-state index in [0.29, 0.717) is 29.1 Å². The van der Waals surface area contributed by atoms with Gasteiger partial charge in [-0.3, -0.25) is 4.79 Å². The predicted molar refractivity (Wildman–Crippen MR) is 90.1 cm³/mol. The van der Waals surface area contributed by atoms with E-state index in [4.69, 9.17) is 16.1 Å². The molecular formula is C16H20ClN5O2. The number of halogens is 1. The van der Waals surface area contributed by atoms with E-state index in [0.717, 1.165) is 19.4 Å². The van der Waals surface area contributed by atoms with Gasteiger partial charge in [-0.2, -0.15) is 4.98 Å². The molecule has 0 saturated carbocycles. The molecule has 2 aromatic heterocycles. The molecule has 0 radical (unpaired) electrons. The number of nitrogens with zero attached hydrogens (tertiary/aromatic N) is 5. The number of likely N-dealkylation sites (tertiary alicyclic amines) is 1. The van der Waals surface area contributed by atoms with Gasteiger partial charge < -0.3 is 14.3 Å². The quantitative estimate of drug-likeness (QED) is 0.842. The molecule has 1 aliphatic heterocycles. The minimum absolute atomic E-state index is 0.0650. The van der Waals surface area contributed by atoms with Crippen LogP contribution < -0.4 is 4.90 Å². The summed E-state index contributed by atoms with van der Waals surface area (Å²) >= 11 is 5.84. The maximum atomic E-state index is 12.6. The van der Waals surface area contributed by atoms with Gasteiger partial charge in [0.2, 0.25) is 11.8 Å². The fourth-order valence-electron chi connectivity index (χ4n) is 2.86. The maximum absolute atomic E-state index is 12.6. The highest BCUT2D eigenvalue weighted by Crippen LogP contribution is 2.26. The molecule has 3 heterocycles. The minimum atomic E-state index is 0.0650. The first-order valence-electron chi connectivity index (χ1n) is 7.93. The van der Waals surface area contributed by atoms with Crippen molar-refractivity contribution in [2.75, 3.05) is 31.6 Å². The van der Waals surface area contributed by atoms with E-state index in [1.165, 1.54) is 0 Å². The molecule has 1 fully saturated rings. The number of rotatable bonds is 4. The van der Waals surface area contributed by atoms with Crippen LogP contribution >= 0.6 is 11.6 Å². The van der Waals surface area contributed by atoms with Gasteiger partial charge in [0, 0.05) is 26.3 Å². The molecule has 1 atom stereocenters. The molecule has 24 heavy (non-hydrogen) atoms. The number of hydrogen-bond donors (Lipinski definition) is 0. The summed E-state index contributed by atoms with van der Waals surface area (Å²) in [5.41, 5.74) is 0. The summed E-state index contributed by atoms with van der Waals surface area (Å²) in [4.78, 5) is 24.8. The van der Waals surface area contributed by atoms with Crippen molar-refractivity contribution in [3.8, 4) is 0 Å². The fourth-order valence-corrected chi connectivity index (χ4v) is 2.97. The lowest BCUT2D eigenvalue weighted by Gasteiger charge is -2.32. The summed E-state index contributed by atoms with van der Waals surface area (Å²) in [5.74, 6) is 2.15. The molecule has 1 aliphatic rings. The average molecular weight is 350 g/mol. The largest absolute Gasteiger partial charge is 0.350 e. The van der Waals surface area contributed by atoms with Gasteiger partial charge >= 0.3 is 0 Å². The zero-order chi connectivity index (χ0) is 17.1. The lowest BCUT2D eigenvalue weighted by atomic mass is 9.98. The monoisotopic (exact) mass is 349 g/mol. The molecule has 7 nitrogen and oxygen atoms in total. The number of likely N-dealkylation sites (N-methyl/N-ethyl adjacent to an activating group) is 1. The Bertz CT molecular complexity index is 703. The van der Waals surface area contributed by atoms with Crippen LogP contribution in [0.15, 0.2) is 22.9 Å². The third-order valence-corrected chi connectivity index (χ3v) is 4.37. The Kier molecular flexibility index (Phi) is 4.99. The van der Waals surface area contributed by atoms with Crippen molar-refractivity contribution in [1.82, 2.24) is 20.0 Å². The van der Waals surface area contributed by atoms with E-state index in [-0.39, 0.29) is 18.4 Å². The highest BCUT2D eigenvalue weighted by Gasteiger charge is 2.28. The van der Waals surface area contributed by atoms with Gasteiger partial charge in [0.05, 0.1) is 17.5 Å². The molecule has 0 aromatic carbocycles. The summed E-state index contributed by atoms with van der Waals surface area (Å²) in [5, 5.41) is 4.42. The average Bonchev–Trinajstić information content (AvgIpc) is 3.02. The number of piperidine rings is 1. The summed E-state index contributed by atoms with van der Waals surface area (Å²) in [6.07, 6.45) is 3.47. The number of hydrogen-bond acceptors (Lipinski definition) is 6. The van der Waals surface area contributed by atoms with Crippen LogP contribution in [-0.4, -0.2) is 52.6 Å². The Morgan fingerprint density at radius 3 is 3.00 bits per heavy atom. The molecule has 0 spiro atoms. The van der Waals surface area contributed by atoms with Crippen LogP contribution in [0.4, 0.5) is 5.82 Å². The van der Waals surface area contributed by atoms with E-state index >= 15 is 0 Å². The number of anilines is 1.